The topological polar surface area (TPSA) is 137 Å². The first-order valence-electron chi connectivity index (χ1n) is 9.40. The lowest BCUT2D eigenvalue weighted by atomic mass is 10.1. The third kappa shape index (κ3) is 5.18. The van der Waals surface area contributed by atoms with Gasteiger partial charge in [-0.15, -0.1) is 0 Å². The maximum Gasteiger partial charge on any atom is 0.311 e. The number of carbonyl (C=O) groups excluding carboxylic acids is 1. The number of aromatic nitrogens is 2. The number of carbonyl (C=O) groups is 1. The molecule has 0 atom stereocenters. The maximum absolute atomic E-state index is 13.3. The summed E-state index contributed by atoms with van der Waals surface area (Å²) in [4.78, 5) is 29.3. The summed E-state index contributed by atoms with van der Waals surface area (Å²) >= 11 is 0. The molecule has 9 nitrogen and oxygen atoms in total. The standard InChI is InChI=1S/C21H21FN4O5S/c1-13(24-12-14-3-9-17(10-4-14)32(23,29)30)20-18(11-19(27)31-2)25-26(21(20)28)16-7-5-15(22)6-8-16/h3-10,25H,11-12H2,1-2H3,(H2,23,29,30). The fraction of sp³-hybridized carbons (Fsp3) is 0.190. The molecule has 3 aromatic rings. The van der Waals surface area contributed by atoms with Crippen LogP contribution >= 0.6 is 0 Å². The number of nitrogens with zero attached hydrogens (tertiary/aromatic N) is 2. The maximum atomic E-state index is 13.3. The van der Waals surface area contributed by atoms with Crippen molar-refractivity contribution in [2.75, 3.05) is 7.11 Å². The Hall–Kier alpha value is -3.57. The van der Waals surface area contributed by atoms with Crippen LogP contribution in [-0.2, 0) is 32.5 Å². The van der Waals surface area contributed by atoms with E-state index in [0.717, 1.165) is 0 Å². The second-order valence-electron chi connectivity index (χ2n) is 6.93. The number of nitrogens with one attached hydrogen (secondary N) is 1. The van der Waals surface area contributed by atoms with Crippen molar-refractivity contribution in [3.05, 3.63) is 81.5 Å². The molecule has 11 heteroatoms. The van der Waals surface area contributed by atoms with Gasteiger partial charge in [0.2, 0.25) is 10.0 Å². The van der Waals surface area contributed by atoms with Crippen LogP contribution in [0.3, 0.4) is 0 Å². The van der Waals surface area contributed by atoms with E-state index in [9.17, 15) is 22.4 Å². The number of benzene rings is 2. The number of aliphatic imine (C=N–C) groups is 1. The molecule has 0 saturated heterocycles. The number of hydrogen-bond acceptors (Lipinski definition) is 6. The SMILES string of the molecule is COC(=O)Cc1[nH]n(-c2ccc(F)cc2)c(=O)c1C(C)=NCc1ccc(S(N)(=O)=O)cc1. The van der Waals surface area contributed by atoms with Crippen molar-refractivity contribution >= 4 is 21.7 Å². The van der Waals surface area contributed by atoms with E-state index in [1.165, 1.54) is 48.2 Å². The first-order valence-corrected chi connectivity index (χ1v) is 10.9. The quantitative estimate of drug-likeness (QED) is 0.408. The van der Waals surface area contributed by atoms with Gasteiger partial charge < -0.3 is 4.74 Å². The summed E-state index contributed by atoms with van der Waals surface area (Å²) in [5.74, 6) is -1.00. The minimum absolute atomic E-state index is 0.0184. The van der Waals surface area contributed by atoms with Crippen LogP contribution in [0.5, 0.6) is 0 Å². The van der Waals surface area contributed by atoms with Gasteiger partial charge in [-0.3, -0.25) is 19.7 Å². The molecule has 0 aliphatic rings. The zero-order valence-corrected chi connectivity index (χ0v) is 18.1. The molecule has 0 amide bonds. The lowest BCUT2D eigenvalue weighted by molar-refractivity contribution is -0.139. The highest BCUT2D eigenvalue weighted by Crippen LogP contribution is 2.13. The van der Waals surface area contributed by atoms with Crippen molar-refractivity contribution in [3.63, 3.8) is 0 Å². The fourth-order valence-electron chi connectivity index (χ4n) is 3.05. The predicted molar refractivity (Wildman–Crippen MR) is 116 cm³/mol. The van der Waals surface area contributed by atoms with E-state index in [-0.39, 0.29) is 23.4 Å². The van der Waals surface area contributed by atoms with Gasteiger partial charge in [0.05, 0.1) is 41.9 Å². The monoisotopic (exact) mass is 460 g/mol. The van der Waals surface area contributed by atoms with E-state index in [1.54, 1.807) is 19.1 Å². The van der Waals surface area contributed by atoms with Gasteiger partial charge >= 0.3 is 5.97 Å². The highest BCUT2D eigenvalue weighted by molar-refractivity contribution is 7.89. The summed E-state index contributed by atoms with van der Waals surface area (Å²) in [7, 11) is -2.56. The van der Waals surface area contributed by atoms with Gasteiger partial charge in [-0.1, -0.05) is 12.1 Å². The predicted octanol–water partition coefficient (Wildman–Crippen LogP) is 1.68. The molecule has 0 unspecified atom stereocenters. The number of esters is 1. The van der Waals surface area contributed by atoms with Crippen LogP contribution in [0.25, 0.3) is 5.69 Å². The smallest absolute Gasteiger partial charge is 0.311 e. The van der Waals surface area contributed by atoms with Crippen LogP contribution in [0.15, 0.2) is 63.2 Å². The van der Waals surface area contributed by atoms with Gasteiger partial charge in [0.25, 0.3) is 5.56 Å². The van der Waals surface area contributed by atoms with Gasteiger partial charge in [0, 0.05) is 5.71 Å². The Morgan fingerprint density at radius 1 is 1.16 bits per heavy atom. The number of ether oxygens (including phenoxy) is 1. The highest BCUT2D eigenvalue weighted by Gasteiger charge is 2.20. The van der Waals surface area contributed by atoms with E-state index in [1.807, 2.05) is 0 Å². The molecule has 0 spiro atoms. The third-order valence-electron chi connectivity index (χ3n) is 4.71. The zero-order valence-electron chi connectivity index (χ0n) is 17.3. The third-order valence-corrected chi connectivity index (χ3v) is 5.64. The number of rotatable bonds is 7. The summed E-state index contributed by atoms with van der Waals surface area (Å²) < 4.78 is 41.9. The molecule has 0 radical (unpaired) electrons. The van der Waals surface area contributed by atoms with Crippen LogP contribution in [0, 0.1) is 5.82 Å². The Bertz CT molecular complexity index is 1320. The van der Waals surface area contributed by atoms with Gasteiger partial charge in [-0.2, -0.15) is 0 Å². The van der Waals surface area contributed by atoms with Gasteiger partial charge in [0.1, 0.15) is 5.82 Å². The van der Waals surface area contributed by atoms with E-state index in [4.69, 9.17) is 9.88 Å². The van der Waals surface area contributed by atoms with Crippen molar-refractivity contribution in [2.24, 2.45) is 10.1 Å². The van der Waals surface area contributed by atoms with E-state index in [2.05, 4.69) is 10.1 Å². The Kier molecular flexibility index (Phi) is 6.70. The van der Waals surface area contributed by atoms with Crippen molar-refractivity contribution < 1.29 is 22.3 Å². The van der Waals surface area contributed by atoms with Crippen molar-refractivity contribution in [1.29, 1.82) is 0 Å². The first-order chi connectivity index (χ1) is 15.1. The highest BCUT2D eigenvalue weighted by atomic mass is 32.2. The summed E-state index contributed by atoms with van der Waals surface area (Å²) in [6.07, 6.45) is -0.189. The first kappa shape index (κ1) is 23.1. The number of sulfonamides is 1. The second-order valence-corrected chi connectivity index (χ2v) is 8.49. The van der Waals surface area contributed by atoms with Crippen LogP contribution in [-0.4, -0.2) is 37.0 Å². The van der Waals surface area contributed by atoms with Crippen LogP contribution in [0.1, 0.15) is 23.7 Å². The number of H-pyrrole nitrogens is 1. The average Bonchev–Trinajstić information content (AvgIpc) is 3.07. The lowest BCUT2D eigenvalue weighted by Crippen LogP contribution is -2.20. The fourth-order valence-corrected chi connectivity index (χ4v) is 3.56. The molecular formula is C21H21FN4O5S. The molecule has 168 valence electrons. The average molecular weight is 460 g/mol. The molecule has 0 bridgehead atoms. The minimum Gasteiger partial charge on any atom is -0.469 e. The molecule has 3 N–H and O–H groups in total. The van der Waals surface area contributed by atoms with Crippen LogP contribution in [0.4, 0.5) is 4.39 Å². The lowest BCUT2D eigenvalue weighted by Gasteiger charge is -2.03. The molecule has 2 aromatic carbocycles. The molecule has 1 heterocycles. The van der Waals surface area contributed by atoms with Gasteiger partial charge in [-0.05, 0) is 48.9 Å². The van der Waals surface area contributed by atoms with E-state index < -0.39 is 27.4 Å². The van der Waals surface area contributed by atoms with Gasteiger partial charge in [-0.25, -0.2) is 22.6 Å². The number of halogens is 1. The largest absolute Gasteiger partial charge is 0.469 e. The number of hydrogen-bond donors (Lipinski definition) is 2. The van der Waals surface area contributed by atoms with Crippen molar-refractivity contribution in [2.45, 2.75) is 24.8 Å². The zero-order chi connectivity index (χ0) is 23.5. The van der Waals surface area contributed by atoms with E-state index in [0.29, 0.717) is 22.7 Å². The Morgan fingerprint density at radius 3 is 2.34 bits per heavy atom. The van der Waals surface area contributed by atoms with E-state index >= 15 is 0 Å². The number of primary sulfonamides is 1. The Balaban J connectivity index is 1.97. The van der Waals surface area contributed by atoms with Gasteiger partial charge in [0.15, 0.2) is 0 Å². The summed E-state index contributed by atoms with van der Waals surface area (Å²) in [5.41, 5.74) is 1.49. The number of methoxy groups -OCH3 is 1. The molecule has 0 saturated carbocycles. The summed E-state index contributed by atoms with van der Waals surface area (Å²) in [5, 5.41) is 7.97. The molecule has 3 rings (SSSR count). The van der Waals surface area contributed by atoms with Crippen LogP contribution < -0.4 is 10.7 Å². The molecular weight excluding hydrogens is 439 g/mol. The second kappa shape index (κ2) is 9.28. The number of nitrogens with two attached hydrogens (primary N) is 1. The molecule has 0 aliphatic heterocycles. The molecule has 0 aliphatic carbocycles. The summed E-state index contributed by atoms with van der Waals surface area (Å²) in [6.45, 7) is 1.79. The summed E-state index contributed by atoms with van der Waals surface area (Å²) in [6, 6.07) is 11.2. The molecule has 0 fully saturated rings. The van der Waals surface area contributed by atoms with Crippen molar-refractivity contribution in [1.82, 2.24) is 9.78 Å². The van der Waals surface area contributed by atoms with Crippen molar-refractivity contribution in [3.8, 4) is 5.69 Å². The Labute approximate surface area is 183 Å². The Morgan fingerprint density at radius 2 is 1.78 bits per heavy atom. The van der Waals surface area contributed by atoms with Crippen LogP contribution in [0.2, 0.25) is 0 Å². The minimum atomic E-state index is -3.80. The molecule has 32 heavy (non-hydrogen) atoms. The normalized spacial score (nSPS) is 12.1. The molecule has 1 aromatic heterocycles. The number of aromatic amines is 1.